The minimum Gasteiger partial charge on any atom is -0.224 e. The Morgan fingerprint density at radius 3 is 1.89 bits per heavy atom. The van der Waals surface area contributed by atoms with E-state index in [9.17, 15) is 0 Å². The molecule has 0 fully saturated rings. The first-order valence-corrected chi connectivity index (χ1v) is 6.74. The molecular weight excluding hydrogens is 303 g/mol. The standard InChI is InChI=1S/C14H11Cl3N2/c1-8(2)11(9-3-5-10(15)6-4-9)12-13(16)18-7-19-14(12)17/h3-7H,1-2H3. The SMILES string of the molecule is CC(C)=C(c1ccc(Cl)cc1)c1c(Cl)ncnc1Cl. The first-order chi connectivity index (χ1) is 9.00. The number of rotatable bonds is 2. The largest absolute Gasteiger partial charge is 0.224 e. The molecule has 2 rings (SSSR count). The van der Waals surface area contributed by atoms with Crippen molar-refractivity contribution in [3.8, 4) is 0 Å². The van der Waals surface area contributed by atoms with Crippen molar-refractivity contribution < 1.29 is 0 Å². The Hall–Kier alpha value is -1.09. The average molecular weight is 314 g/mol. The molecular formula is C14H11Cl3N2. The lowest BCUT2D eigenvalue weighted by Gasteiger charge is -2.13. The summed E-state index contributed by atoms with van der Waals surface area (Å²) in [7, 11) is 0. The van der Waals surface area contributed by atoms with Gasteiger partial charge in [0, 0.05) is 5.02 Å². The molecule has 19 heavy (non-hydrogen) atoms. The van der Waals surface area contributed by atoms with Crippen LogP contribution >= 0.6 is 34.8 Å². The molecule has 0 aliphatic rings. The second-order valence-electron chi connectivity index (χ2n) is 4.21. The normalized spacial score (nSPS) is 10.4. The van der Waals surface area contributed by atoms with Gasteiger partial charge in [-0.3, -0.25) is 0 Å². The van der Waals surface area contributed by atoms with Crippen LogP contribution in [0.5, 0.6) is 0 Å². The van der Waals surface area contributed by atoms with Gasteiger partial charge in [-0.05, 0) is 37.1 Å². The number of halogens is 3. The molecule has 0 saturated heterocycles. The van der Waals surface area contributed by atoms with Crippen LogP contribution in [0.2, 0.25) is 15.3 Å². The molecule has 0 atom stereocenters. The van der Waals surface area contributed by atoms with Crippen molar-refractivity contribution in [3.05, 3.63) is 62.6 Å². The number of benzene rings is 1. The van der Waals surface area contributed by atoms with Crippen LogP contribution in [0.3, 0.4) is 0 Å². The van der Waals surface area contributed by atoms with Crippen LogP contribution in [0.15, 0.2) is 36.2 Å². The zero-order valence-corrected chi connectivity index (χ0v) is 12.7. The lowest BCUT2D eigenvalue weighted by Crippen LogP contribution is -1.96. The zero-order valence-electron chi connectivity index (χ0n) is 10.4. The van der Waals surface area contributed by atoms with Crippen molar-refractivity contribution in [3.63, 3.8) is 0 Å². The van der Waals surface area contributed by atoms with E-state index in [1.807, 2.05) is 38.1 Å². The first kappa shape index (κ1) is 14.3. The summed E-state index contributed by atoms with van der Waals surface area (Å²) in [6, 6.07) is 7.49. The predicted octanol–water partition coefficient (Wildman–Crippen LogP) is 5.28. The smallest absolute Gasteiger partial charge is 0.141 e. The molecule has 0 bridgehead atoms. The molecule has 2 nitrogen and oxygen atoms in total. The maximum Gasteiger partial charge on any atom is 0.141 e. The summed E-state index contributed by atoms with van der Waals surface area (Å²) in [5.41, 5.74) is 3.62. The summed E-state index contributed by atoms with van der Waals surface area (Å²) in [4.78, 5) is 7.99. The van der Waals surface area contributed by atoms with Crippen LogP contribution in [0.4, 0.5) is 0 Å². The van der Waals surface area contributed by atoms with Gasteiger partial charge in [-0.1, -0.05) is 52.5 Å². The third-order valence-electron chi connectivity index (χ3n) is 2.64. The van der Waals surface area contributed by atoms with Crippen molar-refractivity contribution in [1.29, 1.82) is 0 Å². The van der Waals surface area contributed by atoms with Gasteiger partial charge in [0.15, 0.2) is 0 Å². The summed E-state index contributed by atoms with van der Waals surface area (Å²) in [5.74, 6) is 0. The van der Waals surface area contributed by atoms with E-state index in [0.29, 0.717) is 20.9 Å². The van der Waals surface area contributed by atoms with E-state index in [4.69, 9.17) is 34.8 Å². The number of hydrogen-bond donors (Lipinski definition) is 0. The first-order valence-electron chi connectivity index (χ1n) is 5.60. The lowest BCUT2D eigenvalue weighted by atomic mass is 9.96. The minimum atomic E-state index is 0.339. The van der Waals surface area contributed by atoms with Crippen LogP contribution < -0.4 is 0 Å². The van der Waals surface area contributed by atoms with Crippen LogP contribution in [0.25, 0.3) is 5.57 Å². The van der Waals surface area contributed by atoms with Crippen molar-refractivity contribution >= 4 is 40.4 Å². The maximum absolute atomic E-state index is 6.15. The van der Waals surface area contributed by atoms with Crippen LogP contribution in [-0.4, -0.2) is 9.97 Å². The second-order valence-corrected chi connectivity index (χ2v) is 5.36. The molecule has 0 amide bonds. The van der Waals surface area contributed by atoms with Gasteiger partial charge in [0.25, 0.3) is 0 Å². The van der Waals surface area contributed by atoms with Crippen molar-refractivity contribution in [2.24, 2.45) is 0 Å². The van der Waals surface area contributed by atoms with Gasteiger partial charge >= 0.3 is 0 Å². The Kier molecular flexibility index (Phi) is 4.46. The number of hydrogen-bond acceptors (Lipinski definition) is 2. The fourth-order valence-electron chi connectivity index (χ4n) is 1.85. The molecule has 0 saturated carbocycles. The Morgan fingerprint density at radius 1 is 0.895 bits per heavy atom. The van der Waals surface area contributed by atoms with Gasteiger partial charge in [0.1, 0.15) is 16.6 Å². The maximum atomic E-state index is 6.15. The van der Waals surface area contributed by atoms with E-state index in [-0.39, 0.29) is 0 Å². The highest BCUT2D eigenvalue weighted by Gasteiger charge is 2.16. The average Bonchev–Trinajstić information content (AvgIpc) is 2.35. The van der Waals surface area contributed by atoms with Crippen molar-refractivity contribution in [2.75, 3.05) is 0 Å². The quantitative estimate of drug-likeness (QED) is 0.705. The monoisotopic (exact) mass is 312 g/mol. The van der Waals surface area contributed by atoms with Crippen molar-refractivity contribution in [2.45, 2.75) is 13.8 Å². The molecule has 0 aliphatic carbocycles. The third-order valence-corrected chi connectivity index (χ3v) is 3.46. The van der Waals surface area contributed by atoms with E-state index >= 15 is 0 Å². The minimum absolute atomic E-state index is 0.339. The van der Waals surface area contributed by atoms with E-state index in [0.717, 1.165) is 16.7 Å². The van der Waals surface area contributed by atoms with Gasteiger partial charge in [-0.25, -0.2) is 9.97 Å². The molecule has 0 radical (unpaired) electrons. The topological polar surface area (TPSA) is 25.8 Å². The molecule has 1 aromatic heterocycles. The van der Waals surface area contributed by atoms with Gasteiger partial charge in [-0.2, -0.15) is 0 Å². The summed E-state index contributed by atoms with van der Waals surface area (Å²) in [6.45, 7) is 3.98. The Labute approximate surface area is 127 Å². The molecule has 0 aliphatic heterocycles. The van der Waals surface area contributed by atoms with E-state index in [1.165, 1.54) is 6.33 Å². The molecule has 5 heteroatoms. The summed E-state index contributed by atoms with van der Waals surface area (Å²) < 4.78 is 0. The molecule has 98 valence electrons. The molecule has 0 N–H and O–H groups in total. The van der Waals surface area contributed by atoms with E-state index in [1.54, 1.807) is 0 Å². The summed E-state index contributed by atoms with van der Waals surface area (Å²) in [6.07, 6.45) is 1.35. The predicted molar refractivity (Wildman–Crippen MR) is 80.9 cm³/mol. The lowest BCUT2D eigenvalue weighted by molar-refractivity contribution is 1.15. The summed E-state index contributed by atoms with van der Waals surface area (Å²) >= 11 is 18.2. The fraction of sp³-hybridized carbons (Fsp3) is 0.143. The third kappa shape index (κ3) is 3.08. The number of nitrogens with zero attached hydrogens (tertiary/aromatic N) is 2. The summed E-state index contributed by atoms with van der Waals surface area (Å²) in [5, 5.41) is 1.36. The highest BCUT2D eigenvalue weighted by molar-refractivity contribution is 6.36. The fourth-order valence-corrected chi connectivity index (χ4v) is 2.48. The van der Waals surface area contributed by atoms with E-state index < -0.39 is 0 Å². The van der Waals surface area contributed by atoms with Crippen molar-refractivity contribution in [1.82, 2.24) is 9.97 Å². The molecule has 1 aromatic carbocycles. The molecule has 2 aromatic rings. The highest BCUT2D eigenvalue weighted by atomic mass is 35.5. The van der Waals surface area contributed by atoms with Gasteiger partial charge in [0.05, 0.1) is 5.56 Å². The Balaban J connectivity index is 2.67. The van der Waals surface area contributed by atoms with Crippen LogP contribution in [-0.2, 0) is 0 Å². The van der Waals surface area contributed by atoms with Gasteiger partial charge in [0.2, 0.25) is 0 Å². The van der Waals surface area contributed by atoms with Gasteiger partial charge < -0.3 is 0 Å². The molecule has 0 spiro atoms. The van der Waals surface area contributed by atoms with Crippen LogP contribution in [0, 0.1) is 0 Å². The van der Waals surface area contributed by atoms with Gasteiger partial charge in [-0.15, -0.1) is 0 Å². The highest BCUT2D eigenvalue weighted by Crippen LogP contribution is 2.35. The zero-order chi connectivity index (χ0) is 14.0. The second kappa shape index (κ2) is 5.91. The Bertz CT molecular complexity index is 609. The number of allylic oxidation sites excluding steroid dienone is 1. The van der Waals surface area contributed by atoms with E-state index in [2.05, 4.69) is 9.97 Å². The Morgan fingerprint density at radius 2 is 1.42 bits per heavy atom. The van der Waals surface area contributed by atoms with Crippen LogP contribution in [0.1, 0.15) is 25.0 Å². The molecule has 1 heterocycles. The number of aromatic nitrogens is 2. The molecule has 0 unspecified atom stereocenters.